The minimum atomic E-state index is -1.26. The van der Waals surface area contributed by atoms with E-state index in [0.717, 1.165) is 49.0 Å². The van der Waals surface area contributed by atoms with Crippen molar-refractivity contribution in [2.24, 2.45) is 0 Å². The molecule has 49 heavy (non-hydrogen) atoms. The first kappa shape index (κ1) is 38.8. The lowest BCUT2D eigenvalue weighted by atomic mass is 10.0. The maximum Gasteiger partial charge on any atom is 0.348 e. The van der Waals surface area contributed by atoms with Gasteiger partial charge in [0.15, 0.2) is 12.2 Å². The predicted molar refractivity (Wildman–Crippen MR) is 188 cm³/mol. The van der Waals surface area contributed by atoms with Crippen LogP contribution in [0.25, 0.3) is 11.1 Å². The first-order valence-electron chi connectivity index (χ1n) is 17.5. The molecule has 0 saturated heterocycles. The lowest BCUT2D eigenvalue weighted by Gasteiger charge is -2.16. The summed E-state index contributed by atoms with van der Waals surface area (Å²) in [6.45, 7) is 8.03. The molecule has 0 amide bonds. The number of carbonyl (C=O) groups is 4. The van der Waals surface area contributed by atoms with Crippen LogP contribution in [0.4, 0.5) is 0 Å². The average molecular weight is 675 g/mol. The van der Waals surface area contributed by atoms with Crippen LogP contribution in [-0.4, -0.2) is 49.3 Å². The highest BCUT2D eigenvalue weighted by atomic mass is 16.6. The minimum absolute atomic E-state index is 0.141. The number of esters is 4. The van der Waals surface area contributed by atoms with Crippen LogP contribution in [0.15, 0.2) is 72.8 Å². The van der Waals surface area contributed by atoms with Crippen molar-refractivity contribution in [1.82, 2.24) is 0 Å². The van der Waals surface area contributed by atoms with E-state index in [-0.39, 0.29) is 17.9 Å². The largest absolute Gasteiger partial charge is 0.494 e. The van der Waals surface area contributed by atoms with Crippen LogP contribution in [0.5, 0.6) is 11.5 Å². The molecule has 9 nitrogen and oxygen atoms in total. The maximum atomic E-state index is 12.8. The number of hydrogen-bond donors (Lipinski definition) is 0. The summed E-state index contributed by atoms with van der Waals surface area (Å²) in [5, 5.41) is 0. The molecule has 0 radical (unpaired) electrons. The fourth-order valence-electron chi connectivity index (χ4n) is 4.85. The molecule has 0 spiro atoms. The van der Waals surface area contributed by atoms with Gasteiger partial charge in [0.1, 0.15) is 11.5 Å². The molecule has 0 heterocycles. The minimum Gasteiger partial charge on any atom is -0.494 e. The third kappa shape index (κ3) is 13.8. The number of unbranched alkanes of at least 4 members (excludes halogenated alkanes) is 8. The smallest absolute Gasteiger partial charge is 0.348 e. The summed E-state index contributed by atoms with van der Waals surface area (Å²) < 4.78 is 26.8. The van der Waals surface area contributed by atoms with Gasteiger partial charge in [-0.2, -0.15) is 0 Å². The Bertz CT molecular complexity index is 1450. The Morgan fingerprint density at radius 3 is 1.61 bits per heavy atom. The van der Waals surface area contributed by atoms with Crippen molar-refractivity contribution >= 4 is 23.9 Å². The van der Waals surface area contributed by atoms with Crippen molar-refractivity contribution in [1.29, 1.82) is 0 Å². The van der Waals surface area contributed by atoms with Gasteiger partial charge in [-0.25, -0.2) is 19.2 Å². The first-order chi connectivity index (χ1) is 23.7. The van der Waals surface area contributed by atoms with E-state index in [1.807, 2.05) is 36.4 Å². The van der Waals surface area contributed by atoms with Gasteiger partial charge in [-0.3, -0.25) is 0 Å². The monoisotopic (exact) mass is 674 g/mol. The SMILES string of the molecule is CCCCCCCCOc1ccc(-c2ccc(C(=O)Oc3ccc(C(=O)OC(C)C(=O)OC(C)C(=O)OCCCCCC)cc3)cc2)cc1. The Balaban J connectivity index is 1.42. The fourth-order valence-corrected chi connectivity index (χ4v) is 4.85. The van der Waals surface area contributed by atoms with E-state index < -0.39 is 36.1 Å². The van der Waals surface area contributed by atoms with Crippen molar-refractivity contribution in [2.45, 2.75) is 104 Å². The molecule has 3 aromatic carbocycles. The summed E-state index contributed by atoms with van der Waals surface area (Å²) in [5.41, 5.74) is 2.46. The van der Waals surface area contributed by atoms with Crippen LogP contribution >= 0.6 is 0 Å². The normalized spacial score (nSPS) is 12.0. The summed E-state index contributed by atoms with van der Waals surface area (Å²) >= 11 is 0. The predicted octanol–water partition coefficient (Wildman–Crippen LogP) is 8.91. The zero-order chi connectivity index (χ0) is 35.4. The third-order valence-corrected chi connectivity index (χ3v) is 7.86. The first-order valence-corrected chi connectivity index (χ1v) is 17.5. The number of carbonyl (C=O) groups excluding carboxylic acids is 4. The Hall–Kier alpha value is -4.66. The van der Waals surface area contributed by atoms with Gasteiger partial charge >= 0.3 is 23.9 Å². The lowest BCUT2D eigenvalue weighted by molar-refractivity contribution is -0.171. The highest BCUT2D eigenvalue weighted by Gasteiger charge is 2.26. The van der Waals surface area contributed by atoms with Gasteiger partial charge in [-0.05, 0) is 86.3 Å². The average Bonchev–Trinajstić information content (AvgIpc) is 3.11. The van der Waals surface area contributed by atoms with Crippen molar-refractivity contribution in [3.05, 3.63) is 83.9 Å². The van der Waals surface area contributed by atoms with E-state index in [0.29, 0.717) is 12.2 Å². The number of ether oxygens (including phenoxy) is 5. The molecule has 0 fully saturated rings. The highest BCUT2D eigenvalue weighted by Crippen LogP contribution is 2.24. The molecule has 0 N–H and O–H groups in total. The molecule has 2 atom stereocenters. The molecule has 9 heteroatoms. The molecule has 0 aliphatic rings. The molecule has 3 rings (SSSR count). The number of hydrogen-bond acceptors (Lipinski definition) is 9. The standard InChI is InChI=1S/C40H50O9/c1-5-7-9-11-12-14-27-45-35-23-19-32(20-24-35)31-15-17-33(18-16-31)40(44)49-36-25-21-34(22-26-36)39(43)48-30(4)38(42)47-29(3)37(41)46-28-13-10-8-6-2/h15-26,29-30H,5-14,27-28H2,1-4H3. The number of rotatable bonds is 21. The van der Waals surface area contributed by atoms with Gasteiger partial charge in [0.2, 0.25) is 0 Å². The Morgan fingerprint density at radius 1 is 0.510 bits per heavy atom. The summed E-state index contributed by atoms with van der Waals surface area (Å²) in [7, 11) is 0. The molecule has 0 bridgehead atoms. The third-order valence-electron chi connectivity index (χ3n) is 7.86. The second kappa shape index (κ2) is 21.3. The van der Waals surface area contributed by atoms with E-state index >= 15 is 0 Å². The van der Waals surface area contributed by atoms with Crippen molar-refractivity contribution in [2.75, 3.05) is 13.2 Å². The topological polar surface area (TPSA) is 114 Å². The van der Waals surface area contributed by atoms with E-state index in [1.54, 1.807) is 12.1 Å². The summed E-state index contributed by atoms with van der Waals surface area (Å²) in [6.07, 6.45) is 8.76. The van der Waals surface area contributed by atoms with Crippen LogP contribution in [0.2, 0.25) is 0 Å². The van der Waals surface area contributed by atoms with Gasteiger partial charge < -0.3 is 23.7 Å². The van der Waals surface area contributed by atoms with E-state index in [4.69, 9.17) is 23.7 Å². The molecule has 0 aromatic heterocycles. The quantitative estimate of drug-likeness (QED) is 0.0473. The zero-order valence-corrected chi connectivity index (χ0v) is 29.2. The maximum absolute atomic E-state index is 12.8. The Labute approximate surface area is 290 Å². The molecular formula is C40H50O9. The lowest BCUT2D eigenvalue weighted by Crippen LogP contribution is -2.33. The Morgan fingerprint density at radius 2 is 0.980 bits per heavy atom. The van der Waals surface area contributed by atoms with Crippen molar-refractivity contribution < 1.29 is 42.9 Å². The van der Waals surface area contributed by atoms with Crippen molar-refractivity contribution in [3.8, 4) is 22.6 Å². The van der Waals surface area contributed by atoms with Crippen molar-refractivity contribution in [3.63, 3.8) is 0 Å². The van der Waals surface area contributed by atoms with E-state index in [9.17, 15) is 19.2 Å². The van der Waals surface area contributed by atoms with Gasteiger partial charge in [0.25, 0.3) is 0 Å². The molecule has 3 aromatic rings. The van der Waals surface area contributed by atoms with Crippen LogP contribution in [0, 0.1) is 0 Å². The number of benzene rings is 3. The fraction of sp³-hybridized carbons (Fsp3) is 0.450. The van der Waals surface area contributed by atoms with Crippen LogP contribution < -0.4 is 9.47 Å². The van der Waals surface area contributed by atoms with Crippen LogP contribution in [-0.2, 0) is 23.8 Å². The molecular weight excluding hydrogens is 624 g/mol. The summed E-state index contributed by atoms with van der Waals surface area (Å²) in [4.78, 5) is 49.8. The van der Waals surface area contributed by atoms with Crippen LogP contribution in [0.3, 0.4) is 0 Å². The van der Waals surface area contributed by atoms with Crippen LogP contribution in [0.1, 0.15) is 113 Å². The molecule has 0 saturated carbocycles. The zero-order valence-electron chi connectivity index (χ0n) is 29.2. The van der Waals surface area contributed by atoms with Gasteiger partial charge in [-0.1, -0.05) is 89.5 Å². The van der Waals surface area contributed by atoms with Gasteiger partial charge in [-0.15, -0.1) is 0 Å². The highest BCUT2D eigenvalue weighted by molar-refractivity contribution is 5.93. The van der Waals surface area contributed by atoms with E-state index in [1.165, 1.54) is 70.2 Å². The second-order valence-electron chi connectivity index (χ2n) is 12.0. The Kier molecular flexibility index (Phi) is 16.9. The summed E-state index contributed by atoms with van der Waals surface area (Å²) in [5.74, 6) is -1.78. The molecule has 0 aliphatic carbocycles. The molecule has 264 valence electrons. The van der Waals surface area contributed by atoms with E-state index in [2.05, 4.69) is 13.8 Å². The van der Waals surface area contributed by atoms with Gasteiger partial charge in [0.05, 0.1) is 24.3 Å². The molecule has 0 aliphatic heterocycles. The van der Waals surface area contributed by atoms with Gasteiger partial charge in [0, 0.05) is 0 Å². The molecule has 2 unspecified atom stereocenters. The summed E-state index contributed by atoms with van der Waals surface area (Å²) in [6, 6.07) is 20.8. The second-order valence-corrected chi connectivity index (χ2v) is 12.0.